The van der Waals surface area contributed by atoms with Gasteiger partial charge < -0.3 is 5.32 Å². The van der Waals surface area contributed by atoms with Gasteiger partial charge in [-0.1, -0.05) is 34.8 Å². The zero-order valence-corrected chi connectivity index (χ0v) is 18.6. The Morgan fingerprint density at radius 2 is 1.72 bits per heavy atom. The predicted molar refractivity (Wildman–Crippen MR) is 114 cm³/mol. The molecule has 1 atom stereocenters. The Bertz CT molecular complexity index is 994. The average Bonchev–Trinajstić information content (AvgIpc) is 2.71. The Hall–Kier alpha value is -1.42. The molecule has 0 spiro atoms. The summed E-state index contributed by atoms with van der Waals surface area (Å²) in [7, 11) is -3.77. The van der Waals surface area contributed by atoms with E-state index in [1.807, 2.05) is 4.90 Å². The molecule has 7 nitrogen and oxygen atoms in total. The lowest BCUT2D eigenvalue weighted by Crippen LogP contribution is -2.54. The molecule has 1 aliphatic heterocycles. The van der Waals surface area contributed by atoms with Gasteiger partial charge in [0.25, 0.3) is 0 Å². The molecule has 1 N–H and O–H groups in total. The van der Waals surface area contributed by atoms with Crippen molar-refractivity contribution in [2.24, 2.45) is 0 Å². The van der Waals surface area contributed by atoms with E-state index in [0.29, 0.717) is 29.0 Å². The van der Waals surface area contributed by atoms with Gasteiger partial charge in [-0.25, -0.2) is 13.4 Å². The molecule has 1 aromatic heterocycles. The second kappa shape index (κ2) is 9.16. The fourth-order valence-corrected chi connectivity index (χ4v) is 5.26. The molecule has 0 unspecified atom stereocenters. The summed E-state index contributed by atoms with van der Waals surface area (Å²) in [6.07, 6.45) is 1.45. The second-order valence-corrected chi connectivity index (χ2v) is 9.73. The van der Waals surface area contributed by atoms with Crippen molar-refractivity contribution in [1.82, 2.24) is 14.2 Å². The van der Waals surface area contributed by atoms with Crippen molar-refractivity contribution in [2.45, 2.75) is 17.9 Å². The van der Waals surface area contributed by atoms with Crippen molar-refractivity contribution in [3.8, 4) is 0 Å². The molecule has 2 heterocycles. The summed E-state index contributed by atoms with van der Waals surface area (Å²) in [5, 5.41) is 3.64. The molecule has 1 aliphatic rings. The lowest BCUT2D eigenvalue weighted by Gasteiger charge is -2.36. The molecular formula is C18H19Cl3N4O3S. The topological polar surface area (TPSA) is 82.6 Å². The van der Waals surface area contributed by atoms with Gasteiger partial charge in [-0.2, -0.15) is 4.31 Å². The van der Waals surface area contributed by atoms with Crippen LogP contribution in [0.4, 0.5) is 5.82 Å². The first-order valence-electron chi connectivity index (χ1n) is 8.80. The Morgan fingerprint density at radius 3 is 2.34 bits per heavy atom. The summed E-state index contributed by atoms with van der Waals surface area (Å²) in [4.78, 5) is 18.4. The number of nitrogens with zero attached hydrogens (tertiary/aromatic N) is 3. The van der Waals surface area contributed by atoms with Gasteiger partial charge in [0.05, 0.1) is 16.1 Å². The van der Waals surface area contributed by atoms with E-state index in [2.05, 4.69) is 10.3 Å². The highest BCUT2D eigenvalue weighted by atomic mass is 35.5. The Balaban J connectivity index is 1.62. The molecule has 0 bridgehead atoms. The number of carbonyl (C=O) groups excluding carboxylic acids is 1. The van der Waals surface area contributed by atoms with Crippen molar-refractivity contribution in [3.05, 3.63) is 51.6 Å². The summed E-state index contributed by atoms with van der Waals surface area (Å²) in [5.74, 6) is 0.178. The van der Waals surface area contributed by atoms with Crippen molar-refractivity contribution < 1.29 is 13.2 Å². The molecule has 1 amide bonds. The Labute approximate surface area is 184 Å². The molecule has 1 saturated heterocycles. The van der Waals surface area contributed by atoms with Gasteiger partial charge in [0.1, 0.15) is 10.7 Å². The van der Waals surface area contributed by atoms with Gasteiger partial charge >= 0.3 is 0 Å². The third-order valence-corrected chi connectivity index (χ3v) is 7.53. The number of piperazine rings is 1. The lowest BCUT2D eigenvalue weighted by molar-refractivity contribution is -0.121. The van der Waals surface area contributed by atoms with Crippen LogP contribution in [0.15, 0.2) is 41.4 Å². The minimum atomic E-state index is -3.77. The van der Waals surface area contributed by atoms with E-state index in [-0.39, 0.29) is 28.9 Å². The molecule has 0 saturated carbocycles. The number of aromatic nitrogens is 1. The van der Waals surface area contributed by atoms with Crippen LogP contribution in [-0.4, -0.2) is 60.7 Å². The summed E-state index contributed by atoms with van der Waals surface area (Å²) in [5.41, 5.74) is 0. The maximum absolute atomic E-state index is 12.9. The van der Waals surface area contributed by atoms with E-state index in [1.165, 1.54) is 28.7 Å². The number of hydrogen-bond acceptors (Lipinski definition) is 5. The number of pyridine rings is 1. The maximum Gasteiger partial charge on any atom is 0.244 e. The van der Waals surface area contributed by atoms with E-state index in [4.69, 9.17) is 34.8 Å². The molecule has 1 aromatic carbocycles. The molecule has 11 heteroatoms. The number of carbonyl (C=O) groups is 1. The number of amides is 1. The molecule has 2 aromatic rings. The summed E-state index contributed by atoms with van der Waals surface area (Å²) >= 11 is 17.8. The van der Waals surface area contributed by atoms with Crippen LogP contribution in [-0.2, 0) is 14.8 Å². The number of hydrogen-bond donors (Lipinski definition) is 1. The van der Waals surface area contributed by atoms with Crippen LogP contribution in [0.25, 0.3) is 0 Å². The van der Waals surface area contributed by atoms with E-state index < -0.39 is 16.1 Å². The monoisotopic (exact) mass is 476 g/mol. The zero-order chi connectivity index (χ0) is 21.2. The van der Waals surface area contributed by atoms with E-state index in [9.17, 15) is 13.2 Å². The van der Waals surface area contributed by atoms with Crippen LogP contribution in [0, 0.1) is 0 Å². The van der Waals surface area contributed by atoms with Crippen LogP contribution < -0.4 is 5.32 Å². The van der Waals surface area contributed by atoms with Gasteiger partial charge in [-0.15, -0.1) is 0 Å². The van der Waals surface area contributed by atoms with Crippen LogP contribution in [0.2, 0.25) is 15.1 Å². The first kappa shape index (κ1) is 22.3. The Morgan fingerprint density at radius 1 is 1.07 bits per heavy atom. The highest BCUT2D eigenvalue weighted by Crippen LogP contribution is 2.28. The number of benzene rings is 1. The maximum atomic E-state index is 12.9. The van der Waals surface area contributed by atoms with E-state index >= 15 is 0 Å². The number of sulfonamides is 1. The van der Waals surface area contributed by atoms with Gasteiger partial charge in [0.15, 0.2) is 0 Å². The van der Waals surface area contributed by atoms with E-state index in [0.717, 1.165) is 0 Å². The first-order valence-corrected chi connectivity index (χ1v) is 11.4. The molecule has 1 fully saturated rings. The van der Waals surface area contributed by atoms with Crippen molar-refractivity contribution >= 4 is 56.6 Å². The summed E-state index contributed by atoms with van der Waals surface area (Å²) in [6, 6.07) is 7.15. The smallest absolute Gasteiger partial charge is 0.244 e. The predicted octanol–water partition coefficient (Wildman–Crippen LogP) is 3.38. The zero-order valence-electron chi connectivity index (χ0n) is 15.5. The SMILES string of the molecule is C[C@H](C(=O)Nc1ccc(Cl)cn1)N1CCN(S(=O)(=O)c2cc(Cl)ccc2Cl)CC1. The fourth-order valence-electron chi connectivity index (χ4n) is 2.99. The molecule has 0 aliphatic carbocycles. The number of rotatable bonds is 5. The highest BCUT2D eigenvalue weighted by molar-refractivity contribution is 7.89. The quantitative estimate of drug-likeness (QED) is 0.714. The third kappa shape index (κ3) is 5.20. The van der Waals surface area contributed by atoms with Crippen LogP contribution in [0.1, 0.15) is 6.92 Å². The Kier molecular flexibility index (Phi) is 7.03. The highest BCUT2D eigenvalue weighted by Gasteiger charge is 2.33. The normalized spacial score (nSPS) is 17.1. The number of nitrogens with one attached hydrogen (secondary N) is 1. The van der Waals surface area contributed by atoms with E-state index in [1.54, 1.807) is 19.1 Å². The summed E-state index contributed by atoms with van der Waals surface area (Å²) in [6.45, 7) is 3.05. The summed E-state index contributed by atoms with van der Waals surface area (Å²) < 4.78 is 27.2. The minimum absolute atomic E-state index is 0.0141. The van der Waals surface area contributed by atoms with Crippen LogP contribution in [0.5, 0.6) is 0 Å². The average molecular weight is 478 g/mol. The first-order chi connectivity index (χ1) is 13.7. The van der Waals surface area contributed by atoms with Gasteiger partial charge in [-0.3, -0.25) is 9.69 Å². The molecule has 0 radical (unpaired) electrons. The van der Waals surface area contributed by atoms with Crippen LogP contribution in [0.3, 0.4) is 0 Å². The van der Waals surface area contributed by atoms with Gasteiger partial charge in [0.2, 0.25) is 15.9 Å². The lowest BCUT2D eigenvalue weighted by atomic mass is 10.2. The van der Waals surface area contributed by atoms with Crippen molar-refractivity contribution in [2.75, 3.05) is 31.5 Å². The van der Waals surface area contributed by atoms with Crippen LogP contribution >= 0.6 is 34.8 Å². The van der Waals surface area contributed by atoms with Gasteiger partial charge in [-0.05, 0) is 37.3 Å². The van der Waals surface area contributed by atoms with Gasteiger partial charge in [0, 0.05) is 37.4 Å². The third-order valence-electron chi connectivity index (χ3n) is 4.69. The molecule has 156 valence electrons. The van der Waals surface area contributed by atoms with Crippen molar-refractivity contribution in [3.63, 3.8) is 0 Å². The largest absolute Gasteiger partial charge is 0.309 e. The number of anilines is 1. The van der Waals surface area contributed by atoms with Crippen molar-refractivity contribution in [1.29, 1.82) is 0 Å². The fraction of sp³-hybridized carbons (Fsp3) is 0.333. The molecule has 3 rings (SSSR count). The molecular weight excluding hydrogens is 459 g/mol. The molecule has 29 heavy (non-hydrogen) atoms. The second-order valence-electron chi connectivity index (χ2n) is 6.54. The standard InChI is InChI=1S/C18H19Cl3N4O3S/c1-12(18(26)23-17-5-3-14(20)11-22-17)24-6-8-25(9-7-24)29(27,28)16-10-13(19)2-4-15(16)21/h2-5,10-12H,6-9H2,1H3,(H,22,23,26)/t12-/m1/s1. The number of halogens is 3. The minimum Gasteiger partial charge on any atom is -0.309 e.